The minimum absolute atomic E-state index is 0.0715. The normalized spacial score (nSPS) is 10.4. The molecule has 2 heterocycles. The highest BCUT2D eigenvalue weighted by molar-refractivity contribution is 5.94. The standard InChI is InChI=1S/C7H8N6O/c1-12-3-5(2-10-12)6(14)13-4-9-7(8)11-13/h2-4H,1H3,(H2,8,11). The molecule has 0 saturated carbocycles. The van der Waals surface area contributed by atoms with E-state index in [1.165, 1.54) is 17.2 Å². The van der Waals surface area contributed by atoms with Crippen molar-refractivity contribution in [1.82, 2.24) is 24.5 Å². The minimum atomic E-state index is -0.303. The van der Waals surface area contributed by atoms with Gasteiger partial charge in [0.1, 0.15) is 6.33 Å². The monoisotopic (exact) mass is 192 g/mol. The summed E-state index contributed by atoms with van der Waals surface area (Å²) >= 11 is 0. The summed E-state index contributed by atoms with van der Waals surface area (Å²) in [5.41, 5.74) is 5.73. The summed E-state index contributed by atoms with van der Waals surface area (Å²) in [5.74, 6) is -0.232. The van der Waals surface area contributed by atoms with Gasteiger partial charge in [0.25, 0.3) is 5.91 Å². The van der Waals surface area contributed by atoms with Crippen LogP contribution < -0.4 is 5.73 Å². The molecule has 2 aromatic rings. The van der Waals surface area contributed by atoms with Gasteiger partial charge in [0.15, 0.2) is 0 Å². The molecule has 0 spiro atoms. The SMILES string of the molecule is Cn1cc(C(=O)n2cnc(N)n2)cn1. The molecule has 0 unspecified atom stereocenters. The first-order valence-corrected chi connectivity index (χ1v) is 3.87. The molecule has 0 aliphatic rings. The summed E-state index contributed by atoms with van der Waals surface area (Å²) in [7, 11) is 1.73. The third-order valence-electron chi connectivity index (χ3n) is 1.67. The van der Waals surface area contributed by atoms with Gasteiger partial charge in [0.05, 0.1) is 11.8 Å². The van der Waals surface area contributed by atoms with Crippen LogP contribution in [0.3, 0.4) is 0 Å². The third-order valence-corrected chi connectivity index (χ3v) is 1.67. The van der Waals surface area contributed by atoms with Crippen molar-refractivity contribution in [3.8, 4) is 0 Å². The van der Waals surface area contributed by atoms with Crippen LogP contribution in [0.4, 0.5) is 5.95 Å². The fraction of sp³-hybridized carbons (Fsp3) is 0.143. The molecule has 0 bridgehead atoms. The van der Waals surface area contributed by atoms with Crippen LogP contribution in [-0.2, 0) is 7.05 Å². The van der Waals surface area contributed by atoms with Crippen LogP contribution in [0.2, 0.25) is 0 Å². The lowest BCUT2D eigenvalue weighted by molar-refractivity contribution is 0.0945. The number of nitrogens with two attached hydrogens (primary N) is 1. The number of nitrogen functional groups attached to an aromatic ring is 1. The number of carbonyl (C=O) groups is 1. The summed E-state index contributed by atoms with van der Waals surface area (Å²) in [6, 6.07) is 0. The van der Waals surface area contributed by atoms with Crippen LogP contribution in [0.25, 0.3) is 0 Å². The van der Waals surface area contributed by atoms with E-state index in [1.807, 2.05) is 0 Å². The first-order chi connectivity index (χ1) is 6.66. The van der Waals surface area contributed by atoms with Crippen LogP contribution in [0.5, 0.6) is 0 Å². The number of hydrogen-bond donors (Lipinski definition) is 1. The number of carbonyl (C=O) groups excluding carboxylic acids is 1. The van der Waals surface area contributed by atoms with Gasteiger partial charge in [-0.25, -0.2) is 4.98 Å². The fourth-order valence-electron chi connectivity index (χ4n) is 1.04. The summed E-state index contributed by atoms with van der Waals surface area (Å²) < 4.78 is 2.61. The van der Waals surface area contributed by atoms with Gasteiger partial charge in [-0.15, -0.1) is 5.10 Å². The Hall–Kier alpha value is -2.18. The van der Waals surface area contributed by atoms with Crippen LogP contribution in [0.1, 0.15) is 10.4 Å². The van der Waals surface area contributed by atoms with Crippen molar-refractivity contribution in [2.45, 2.75) is 0 Å². The number of aryl methyl sites for hydroxylation is 1. The predicted octanol–water partition coefficient (Wildman–Crippen LogP) is -0.718. The Kier molecular flexibility index (Phi) is 1.77. The zero-order valence-electron chi connectivity index (χ0n) is 7.45. The van der Waals surface area contributed by atoms with E-state index in [1.54, 1.807) is 13.2 Å². The Balaban J connectivity index is 2.33. The van der Waals surface area contributed by atoms with Crippen molar-refractivity contribution in [2.75, 3.05) is 5.73 Å². The Labute approximate surface area is 79.2 Å². The van der Waals surface area contributed by atoms with Crippen molar-refractivity contribution < 1.29 is 4.79 Å². The average Bonchev–Trinajstić information content (AvgIpc) is 2.73. The predicted molar refractivity (Wildman–Crippen MR) is 47.4 cm³/mol. The summed E-state index contributed by atoms with van der Waals surface area (Å²) in [5, 5.41) is 7.57. The van der Waals surface area contributed by atoms with E-state index in [2.05, 4.69) is 15.2 Å². The molecule has 0 aliphatic heterocycles. The Bertz CT molecular complexity index is 428. The molecule has 72 valence electrons. The van der Waals surface area contributed by atoms with Crippen molar-refractivity contribution in [3.63, 3.8) is 0 Å². The zero-order chi connectivity index (χ0) is 10.1. The highest BCUT2D eigenvalue weighted by Crippen LogP contribution is 2.00. The molecule has 2 N–H and O–H groups in total. The first-order valence-electron chi connectivity index (χ1n) is 3.87. The molecule has 14 heavy (non-hydrogen) atoms. The van der Waals surface area contributed by atoms with Gasteiger partial charge < -0.3 is 5.73 Å². The van der Waals surface area contributed by atoms with Gasteiger partial charge in [0, 0.05) is 13.2 Å². The van der Waals surface area contributed by atoms with Gasteiger partial charge in [-0.3, -0.25) is 9.48 Å². The van der Waals surface area contributed by atoms with E-state index in [-0.39, 0.29) is 11.9 Å². The maximum Gasteiger partial charge on any atom is 0.282 e. The molecule has 2 aromatic heterocycles. The maximum atomic E-state index is 11.6. The van der Waals surface area contributed by atoms with Gasteiger partial charge in [0.2, 0.25) is 5.95 Å². The second-order valence-corrected chi connectivity index (χ2v) is 2.76. The van der Waals surface area contributed by atoms with Gasteiger partial charge in [-0.05, 0) is 0 Å². The number of anilines is 1. The van der Waals surface area contributed by atoms with E-state index < -0.39 is 0 Å². The third kappa shape index (κ3) is 1.35. The lowest BCUT2D eigenvalue weighted by atomic mass is 10.3. The quantitative estimate of drug-likeness (QED) is 0.643. The number of aromatic nitrogens is 5. The molecular formula is C7H8N6O. The topological polar surface area (TPSA) is 91.6 Å². The van der Waals surface area contributed by atoms with Gasteiger partial charge in [-0.1, -0.05) is 0 Å². The average molecular weight is 192 g/mol. The second kappa shape index (κ2) is 2.95. The zero-order valence-corrected chi connectivity index (χ0v) is 7.45. The molecule has 7 nitrogen and oxygen atoms in total. The molecule has 0 atom stereocenters. The second-order valence-electron chi connectivity index (χ2n) is 2.76. The lowest BCUT2D eigenvalue weighted by Crippen LogP contribution is -2.12. The van der Waals surface area contributed by atoms with Crippen molar-refractivity contribution >= 4 is 11.9 Å². The van der Waals surface area contributed by atoms with Gasteiger partial charge >= 0.3 is 0 Å². The van der Waals surface area contributed by atoms with Crippen LogP contribution in [-0.4, -0.2) is 30.5 Å². The highest BCUT2D eigenvalue weighted by Gasteiger charge is 2.11. The van der Waals surface area contributed by atoms with Gasteiger partial charge in [-0.2, -0.15) is 9.78 Å². The molecule has 0 aliphatic carbocycles. The molecule has 0 amide bonds. The Morgan fingerprint density at radius 1 is 1.57 bits per heavy atom. The van der Waals surface area contributed by atoms with E-state index in [0.717, 1.165) is 4.68 Å². The van der Waals surface area contributed by atoms with Crippen LogP contribution in [0.15, 0.2) is 18.7 Å². The molecule has 0 fully saturated rings. The molecule has 0 saturated heterocycles. The van der Waals surface area contributed by atoms with Crippen LogP contribution in [0, 0.1) is 0 Å². The van der Waals surface area contributed by atoms with Crippen LogP contribution >= 0.6 is 0 Å². The molecule has 7 heteroatoms. The minimum Gasteiger partial charge on any atom is -0.366 e. The first kappa shape index (κ1) is 8.42. The van der Waals surface area contributed by atoms with Crippen molar-refractivity contribution in [3.05, 3.63) is 24.3 Å². The number of rotatable bonds is 1. The van der Waals surface area contributed by atoms with E-state index in [0.29, 0.717) is 5.56 Å². The highest BCUT2D eigenvalue weighted by atomic mass is 16.2. The molecular weight excluding hydrogens is 184 g/mol. The summed E-state index contributed by atoms with van der Waals surface area (Å²) in [4.78, 5) is 15.3. The van der Waals surface area contributed by atoms with Crippen molar-refractivity contribution in [2.24, 2.45) is 7.05 Å². The fourth-order valence-corrected chi connectivity index (χ4v) is 1.04. The Morgan fingerprint density at radius 2 is 2.36 bits per heavy atom. The lowest BCUT2D eigenvalue weighted by Gasteiger charge is -1.93. The van der Waals surface area contributed by atoms with E-state index in [9.17, 15) is 4.79 Å². The van der Waals surface area contributed by atoms with E-state index in [4.69, 9.17) is 5.73 Å². The van der Waals surface area contributed by atoms with Crippen molar-refractivity contribution in [1.29, 1.82) is 0 Å². The molecule has 0 radical (unpaired) electrons. The summed E-state index contributed by atoms with van der Waals surface area (Å²) in [6.07, 6.45) is 4.32. The molecule has 0 aromatic carbocycles. The number of nitrogens with zero attached hydrogens (tertiary/aromatic N) is 5. The summed E-state index contributed by atoms with van der Waals surface area (Å²) in [6.45, 7) is 0. The largest absolute Gasteiger partial charge is 0.366 e. The maximum absolute atomic E-state index is 11.6. The molecule has 2 rings (SSSR count). The number of hydrogen-bond acceptors (Lipinski definition) is 5. The van der Waals surface area contributed by atoms with E-state index >= 15 is 0 Å². The Morgan fingerprint density at radius 3 is 2.86 bits per heavy atom. The smallest absolute Gasteiger partial charge is 0.282 e.